The third kappa shape index (κ3) is 2.70. The molecule has 126 valence electrons. The highest BCUT2D eigenvalue weighted by Crippen LogP contribution is 2.29. The SMILES string of the molecule is N#Cc1nc(-c2cc3ccc(O)cc3oc2=O)oc1N1CCOCC1. The van der Waals surface area contributed by atoms with E-state index in [0.717, 1.165) is 0 Å². The normalized spacial score (nSPS) is 14.6. The van der Waals surface area contributed by atoms with E-state index < -0.39 is 5.63 Å². The molecule has 0 saturated carbocycles. The quantitative estimate of drug-likeness (QED) is 0.704. The summed E-state index contributed by atoms with van der Waals surface area (Å²) in [6.07, 6.45) is 0. The molecule has 0 spiro atoms. The minimum absolute atomic E-state index is 0.000828. The number of anilines is 1. The summed E-state index contributed by atoms with van der Waals surface area (Å²) in [4.78, 5) is 18.3. The van der Waals surface area contributed by atoms with E-state index in [1.807, 2.05) is 11.0 Å². The zero-order chi connectivity index (χ0) is 17.4. The minimum atomic E-state index is -0.655. The Balaban J connectivity index is 1.82. The molecular weight excluding hydrogens is 326 g/mol. The molecule has 0 atom stereocenters. The highest BCUT2D eigenvalue weighted by Gasteiger charge is 2.24. The van der Waals surface area contributed by atoms with Crippen molar-refractivity contribution in [3.63, 3.8) is 0 Å². The van der Waals surface area contributed by atoms with Gasteiger partial charge in [0.15, 0.2) is 0 Å². The van der Waals surface area contributed by atoms with Crippen LogP contribution in [0.3, 0.4) is 0 Å². The summed E-state index contributed by atoms with van der Waals surface area (Å²) >= 11 is 0. The van der Waals surface area contributed by atoms with Gasteiger partial charge in [0, 0.05) is 24.5 Å². The van der Waals surface area contributed by atoms with Gasteiger partial charge in [0.2, 0.25) is 17.5 Å². The standard InChI is InChI=1S/C17H13N3O5/c18-9-13-16(20-3-5-23-6-4-20)25-15(19-13)12-7-10-1-2-11(21)8-14(10)24-17(12)22/h1-2,7-8,21H,3-6H2. The van der Waals surface area contributed by atoms with Gasteiger partial charge in [0.1, 0.15) is 23.0 Å². The monoisotopic (exact) mass is 339 g/mol. The number of hydrogen-bond acceptors (Lipinski definition) is 8. The second kappa shape index (κ2) is 5.96. The van der Waals surface area contributed by atoms with E-state index >= 15 is 0 Å². The number of ether oxygens (including phenoxy) is 1. The van der Waals surface area contributed by atoms with Crippen molar-refractivity contribution in [1.82, 2.24) is 4.98 Å². The number of rotatable bonds is 2. The number of aromatic hydroxyl groups is 1. The number of phenolic OH excluding ortho intramolecular Hbond substituents is 1. The predicted molar refractivity (Wildman–Crippen MR) is 87.4 cm³/mol. The van der Waals surface area contributed by atoms with Gasteiger partial charge in [-0.15, -0.1) is 0 Å². The van der Waals surface area contributed by atoms with Crippen LogP contribution in [0.25, 0.3) is 22.4 Å². The van der Waals surface area contributed by atoms with Crippen molar-refractivity contribution in [2.24, 2.45) is 0 Å². The molecular formula is C17H13N3O5. The van der Waals surface area contributed by atoms with E-state index in [0.29, 0.717) is 37.6 Å². The number of phenols is 1. The van der Waals surface area contributed by atoms with Crippen LogP contribution in [0.5, 0.6) is 5.75 Å². The van der Waals surface area contributed by atoms with Crippen molar-refractivity contribution in [2.75, 3.05) is 31.2 Å². The second-order valence-electron chi connectivity index (χ2n) is 5.55. The molecule has 2 aromatic heterocycles. The molecule has 1 fully saturated rings. The number of benzene rings is 1. The Morgan fingerprint density at radius 3 is 2.76 bits per heavy atom. The molecule has 1 aromatic carbocycles. The van der Waals surface area contributed by atoms with Gasteiger partial charge in [0.25, 0.3) is 0 Å². The van der Waals surface area contributed by atoms with E-state index in [4.69, 9.17) is 13.6 Å². The van der Waals surface area contributed by atoms with Crippen LogP contribution in [0, 0.1) is 11.3 Å². The predicted octanol–water partition coefficient (Wildman–Crippen LogP) is 1.86. The van der Waals surface area contributed by atoms with Crippen LogP contribution in [0.4, 0.5) is 5.88 Å². The lowest BCUT2D eigenvalue weighted by molar-refractivity contribution is 0.121. The Kier molecular flexibility index (Phi) is 3.63. The molecule has 25 heavy (non-hydrogen) atoms. The third-order valence-electron chi connectivity index (χ3n) is 3.96. The van der Waals surface area contributed by atoms with Crippen LogP contribution in [0.1, 0.15) is 5.69 Å². The molecule has 1 aliphatic rings. The zero-order valence-electron chi connectivity index (χ0n) is 13.1. The fourth-order valence-electron chi connectivity index (χ4n) is 2.73. The van der Waals surface area contributed by atoms with E-state index in [1.54, 1.807) is 12.1 Å². The van der Waals surface area contributed by atoms with Crippen molar-refractivity contribution in [1.29, 1.82) is 5.26 Å². The van der Waals surface area contributed by atoms with Gasteiger partial charge in [-0.1, -0.05) is 0 Å². The number of nitrogens with zero attached hydrogens (tertiary/aromatic N) is 3. The van der Waals surface area contributed by atoms with Gasteiger partial charge < -0.3 is 23.6 Å². The first kappa shape index (κ1) is 15.2. The van der Waals surface area contributed by atoms with Crippen molar-refractivity contribution in [2.45, 2.75) is 0 Å². The van der Waals surface area contributed by atoms with Crippen LogP contribution >= 0.6 is 0 Å². The molecule has 1 aliphatic heterocycles. The average molecular weight is 339 g/mol. The Labute approximate surface area is 141 Å². The first-order chi connectivity index (χ1) is 12.2. The maximum atomic E-state index is 12.3. The molecule has 3 heterocycles. The first-order valence-corrected chi connectivity index (χ1v) is 7.66. The maximum Gasteiger partial charge on any atom is 0.349 e. The summed E-state index contributed by atoms with van der Waals surface area (Å²) in [6.45, 7) is 2.22. The molecule has 0 radical (unpaired) electrons. The van der Waals surface area contributed by atoms with Crippen LogP contribution < -0.4 is 10.5 Å². The summed E-state index contributed by atoms with van der Waals surface area (Å²) in [5.41, 5.74) is -0.164. The Morgan fingerprint density at radius 1 is 1.20 bits per heavy atom. The highest BCUT2D eigenvalue weighted by atomic mass is 16.5. The van der Waals surface area contributed by atoms with Crippen molar-refractivity contribution in [3.8, 4) is 23.3 Å². The van der Waals surface area contributed by atoms with Gasteiger partial charge in [-0.2, -0.15) is 10.2 Å². The summed E-state index contributed by atoms with van der Waals surface area (Å²) in [5, 5.41) is 19.4. The summed E-state index contributed by atoms with van der Waals surface area (Å²) in [6, 6.07) is 8.02. The molecule has 0 unspecified atom stereocenters. The Bertz CT molecular complexity index is 1040. The maximum absolute atomic E-state index is 12.3. The van der Waals surface area contributed by atoms with Gasteiger partial charge in [0.05, 0.1) is 13.2 Å². The fourth-order valence-corrected chi connectivity index (χ4v) is 2.73. The molecule has 1 saturated heterocycles. The summed E-state index contributed by atoms with van der Waals surface area (Å²) in [7, 11) is 0. The molecule has 8 heteroatoms. The Hall–Kier alpha value is -3.31. The molecule has 8 nitrogen and oxygen atoms in total. The molecule has 3 aromatic rings. The zero-order valence-corrected chi connectivity index (χ0v) is 13.1. The third-order valence-corrected chi connectivity index (χ3v) is 3.96. The molecule has 0 bridgehead atoms. The number of fused-ring (bicyclic) bond motifs is 1. The molecule has 4 rings (SSSR count). The number of aromatic nitrogens is 1. The first-order valence-electron chi connectivity index (χ1n) is 7.66. The lowest BCUT2D eigenvalue weighted by atomic mass is 10.2. The number of hydrogen-bond donors (Lipinski definition) is 1. The van der Waals surface area contributed by atoms with Gasteiger partial charge in [-0.3, -0.25) is 0 Å². The number of nitriles is 1. The largest absolute Gasteiger partial charge is 0.508 e. The second-order valence-corrected chi connectivity index (χ2v) is 5.55. The average Bonchev–Trinajstić information content (AvgIpc) is 3.06. The van der Waals surface area contributed by atoms with E-state index in [9.17, 15) is 15.2 Å². The van der Waals surface area contributed by atoms with Gasteiger partial charge in [-0.25, -0.2) is 4.79 Å². The van der Waals surface area contributed by atoms with E-state index in [1.165, 1.54) is 12.1 Å². The number of morpholine rings is 1. The number of oxazole rings is 1. The van der Waals surface area contributed by atoms with E-state index in [2.05, 4.69) is 4.98 Å². The van der Waals surface area contributed by atoms with Crippen LogP contribution in [0.15, 0.2) is 37.9 Å². The van der Waals surface area contributed by atoms with Crippen LogP contribution in [-0.2, 0) is 4.74 Å². The van der Waals surface area contributed by atoms with E-state index in [-0.39, 0.29) is 28.5 Å². The highest BCUT2D eigenvalue weighted by molar-refractivity contribution is 5.81. The lowest BCUT2D eigenvalue weighted by Gasteiger charge is -2.25. The van der Waals surface area contributed by atoms with Crippen LogP contribution in [0.2, 0.25) is 0 Å². The van der Waals surface area contributed by atoms with Crippen molar-refractivity contribution >= 4 is 16.9 Å². The van der Waals surface area contributed by atoms with Crippen LogP contribution in [-0.4, -0.2) is 36.4 Å². The Morgan fingerprint density at radius 2 is 2.00 bits per heavy atom. The molecule has 0 amide bonds. The summed E-state index contributed by atoms with van der Waals surface area (Å²) < 4.78 is 16.2. The minimum Gasteiger partial charge on any atom is -0.508 e. The lowest BCUT2D eigenvalue weighted by Crippen LogP contribution is -2.36. The fraction of sp³-hybridized carbons (Fsp3) is 0.235. The van der Waals surface area contributed by atoms with Crippen molar-refractivity contribution in [3.05, 3.63) is 40.4 Å². The van der Waals surface area contributed by atoms with Crippen molar-refractivity contribution < 1.29 is 18.7 Å². The van der Waals surface area contributed by atoms with Gasteiger partial charge >= 0.3 is 5.63 Å². The topological polar surface area (TPSA) is 113 Å². The van der Waals surface area contributed by atoms with Gasteiger partial charge in [-0.05, 0) is 18.2 Å². The summed E-state index contributed by atoms with van der Waals surface area (Å²) in [5.74, 6) is 0.355. The molecule has 0 aliphatic carbocycles. The molecule has 1 N–H and O–H groups in total. The smallest absolute Gasteiger partial charge is 0.349 e.